The summed E-state index contributed by atoms with van der Waals surface area (Å²) in [7, 11) is 1.46. The van der Waals surface area contributed by atoms with Crippen LogP contribution in [0.5, 0.6) is 0 Å². The number of nitrogens with zero attached hydrogens (tertiary/aromatic N) is 1. The second-order valence-electron chi connectivity index (χ2n) is 3.61. The van der Waals surface area contributed by atoms with E-state index in [1.807, 2.05) is 0 Å². The number of carbonyl (C=O) groups is 3. The molecule has 0 aromatic rings. The summed E-state index contributed by atoms with van der Waals surface area (Å²) in [6.07, 6.45) is 3.03. The highest BCUT2D eigenvalue weighted by atomic mass is 16.5. The maximum atomic E-state index is 11.5. The Morgan fingerprint density at radius 2 is 2.29 bits per heavy atom. The van der Waals surface area contributed by atoms with Crippen LogP contribution in [0.3, 0.4) is 0 Å². The lowest BCUT2D eigenvalue weighted by Crippen LogP contribution is -2.37. The smallest absolute Gasteiger partial charge is 0.330 e. The van der Waals surface area contributed by atoms with Crippen molar-refractivity contribution in [2.24, 2.45) is 0 Å². The van der Waals surface area contributed by atoms with Crippen molar-refractivity contribution in [1.82, 2.24) is 10.2 Å². The van der Waals surface area contributed by atoms with Gasteiger partial charge in [0.2, 0.25) is 11.8 Å². The minimum Gasteiger partial charge on any atom is -0.463 e. The first-order valence-corrected chi connectivity index (χ1v) is 5.43. The number of hydrogen-bond donors (Lipinski definition) is 1. The van der Waals surface area contributed by atoms with Crippen LogP contribution in [-0.4, -0.2) is 48.9 Å². The summed E-state index contributed by atoms with van der Waals surface area (Å²) in [5, 5.41) is 2.88. The zero-order valence-corrected chi connectivity index (χ0v) is 9.93. The van der Waals surface area contributed by atoms with Gasteiger partial charge in [0.1, 0.15) is 0 Å². The molecule has 6 nitrogen and oxygen atoms in total. The third-order valence-electron chi connectivity index (χ3n) is 2.40. The number of likely N-dealkylation sites (N-methyl/N-ethyl adjacent to an activating group) is 1. The van der Waals surface area contributed by atoms with E-state index in [1.54, 1.807) is 13.0 Å². The third-order valence-corrected chi connectivity index (χ3v) is 2.40. The molecule has 1 N–H and O–H groups in total. The molecular weight excluding hydrogens is 224 g/mol. The van der Waals surface area contributed by atoms with Crippen LogP contribution < -0.4 is 5.32 Å². The van der Waals surface area contributed by atoms with Gasteiger partial charge in [-0.25, -0.2) is 4.79 Å². The molecule has 0 bridgehead atoms. The van der Waals surface area contributed by atoms with Gasteiger partial charge in [0, 0.05) is 19.7 Å². The van der Waals surface area contributed by atoms with E-state index in [9.17, 15) is 14.4 Å². The molecule has 0 radical (unpaired) electrons. The van der Waals surface area contributed by atoms with E-state index in [0.717, 1.165) is 4.90 Å². The van der Waals surface area contributed by atoms with Gasteiger partial charge in [-0.3, -0.25) is 14.5 Å². The van der Waals surface area contributed by atoms with E-state index in [-0.39, 0.29) is 18.2 Å². The maximum absolute atomic E-state index is 11.5. The van der Waals surface area contributed by atoms with Gasteiger partial charge in [-0.1, -0.05) is 6.08 Å². The summed E-state index contributed by atoms with van der Waals surface area (Å²) in [6.45, 7) is 2.40. The molecule has 1 aliphatic heterocycles. The van der Waals surface area contributed by atoms with Gasteiger partial charge < -0.3 is 10.1 Å². The first-order valence-electron chi connectivity index (χ1n) is 5.43. The summed E-state index contributed by atoms with van der Waals surface area (Å²) in [6, 6.07) is -0.487. The molecule has 1 aliphatic rings. The van der Waals surface area contributed by atoms with Crippen molar-refractivity contribution in [3.63, 3.8) is 0 Å². The quantitative estimate of drug-likeness (QED) is 0.396. The van der Waals surface area contributed by atoms with E-state index in [1.165, 1.54) is 13.1 Å². The van der Waals surface area contributed by atoms with Gasteiger partial charge >= 0.3 is 5.97 Å². The number of nitrogens with one attached hydrogen (secondary N) is 1. The molecule has 94 valence electrons. The zero-order chi connectivity index (χ0) is 12.8. The molecule has 1 heterocycles. The first-order chi connectivity index (χ1) is 8.06. The molecule has 0 aliphatic carbocycles. The fraction of sp³-hybridized carbons (Fsp3) is 0.545. The predicted molar refractivity (Wildman–Crippen MR) is 60.0 cm³/mol. The number of imide groups is 1. The molecule has 0 saturated carbocycles. The standard InChI is InChI=1S/C11H16N2O4/c1-3-17-10(15)5-4-6-12-8-7-9(14)13(2)11(8)16/h4-5,8,12H,3,6-7H2,1-2H3/b5-4+. The van der Waals surface area contributed by atoms with E-state index in [0.29, 0.717) is 13.2 Å². The molecular formula is C11H16N2O4. The normalized spacial score (nSPS) is 20.4. The number of carbonyl (C=O) groups excluding carboxylic acids is 3. The Bertz CT molecular complexity index is 351. The van der Waals surface area contributed by atoms with Crippen LogP contribution in [0.2, 0.25) is 0 Å². The van der Waals surface area contributed by atoms with Crippen molar-refractivity contribution in [1.29, 1.82) is 0 Å². The van der Waals surface area contributed by atoms with E-state index in [4.69, 9.17) is 0 Å². The fourth-order valence-corrected chi connectivity index (χ4v) is 1.47. The van der Waals surface area contributed by atoms with E-state index >= 15 is 0 Å². The van der Waals surface area contributed by atoms with Gasteiger partial charge in [-0.2, -0.15) is 0 Å². The van der Waals surface area contributed by atoms with Gasteiger partial charge in [0.15, 0.2) is 0 Å². The topological polar surface area (TPSA) is 75.7 Å². The van der Waals surface area contributed by atoms with Crippen LogP contribution >= 0.6 is 0 Å². The molecule has 17 heavy (non-hydrogen) atoms. The summed E-state index contributed by atoms with van der Waals surface area (Å²) >= 11 is 0. The van der Waals surface area contributed by atoms with Crippen molar-refractivity contribution in [2.45, 2.75) is 19.4 Å². The van der Waals surface area contributed by atoms with Crippen molar-refractivity contribution < 1.29 is 19.1 Å². The third kappa shape index (κ3) is 3.67. The lowest BCUT2D eigenvalue weighted by Gasteiger charge is -2.08. The molecule has 1 rings (SSSR count). The van der Waals surface area contributed by atoms with Crippen LogP contribution in [0.25, 0.3) is 0 Å². The minimum absolute atomic E-state index is 0.169. The van der Waals surface area contributed by atoms with Gasteiger partial charge in [-0.15, -0.1) is 0 Å². The second-order valence-corrected chi connectivity index (χ2v) is 3.61. The maximum Gasteiger partial charge on any atom is 0.330 e. The highest BCUT2D eigenvalue weighted by Crippen LogP contribution is 2.09. The number of amides is 2. The lowest BCUT2D eigenvalue weighted by atomic mass is 10.2. The largest absolute Gasteiger partial charge is 0.463 e. The number of likely N-dealkylation sites (tertiary alicyclic amines) is 1. The van der Waals surface area contributed by atoms with Crippen LogP contribution in [-0.2, 0) is 19.1 Å². The molecule has 0 aromatic carbocycles. The van der Waals surface area contributed by atoms with Crippen molar-refractivity contribution in [3.8, 4) is 0 Å². The monoisotopic (exact) mass is 240 g/mol. The van der Waals surface area contributed by atoms with Crippen LogP contribution in [0, 0.1) is 0 Å². The Labute approximate surface area is 99.6 Å². The average molecular weight is 240 g/mol. The predicted octanol–water partition coefficient (Wildman–Crippen LogP) is -0.547. The lowest BCUT2D eigenvalue weighted by molar-refractivity contribution is -0.138. The Morgan fingerprint density at radius 1 is 1.59 bits per heavy atom. The van der Waals surface area contributed by atoms with Crippen molar-refractivity contribution in [2.75, 3.05) is 20.2 Å². The van der Waals surface area contributed by atoms with Crippen molar-refractivity contribution in [3.05, 3.63) is 12.2 Å². The van der Waals surface area contributed by atoms with Gasteiger partial charge in [-0.05, 0) is 6.92 Å². The Kier molecular flexibility index (Phi) is 4.84. The second kappa shape index (κ2) is 6.15. The van der Waals surface area contributed by atoms with Gasteiger partial charge in [0.05, 0.1) is 19.1 Å². The Hall–Kier alpha value is -1.69. The average Bonchev–Trinajstić information content (AvgIpc) is 2.53. The number of rotatable bonds is 5. The summed E-state index contributed by atoms with van der Waals surface area (Å²) in [5.41, 5.74) is 0. The molecule has 6 heteroatoms. The summed E-state index contributed by atoms with van der Waals surface area (Å²) < 4.78 is 4.69. The van der Waals surface area contributed by atoms with Crippen LogP contribution in [0.1, 0.15) is 13.3 Å². The molecule has 0 aromatic heterocycles. The zero-order valence-electron chi connectivity index (χ0n) is 9.93. The Morgan fingerprint density at radius 3 is 2.82 bits per heavy atom. The van der Waals surface area contributed by atoms with Gasteiger partial charge in [0.25, 0.3) is 0 Å². The van der Waals surface area contributed by atoms with Crippen LogP contribution in [0.15, 0.2) is 12.2 Å². The molecule has 1 fully saturated rings. The minimum atomic E-state index is -0.487. The molecule has 2 amide bonds. The van der Waals surface area contributed by atoms with E-state index < -0.39 is 12.0 Å². The Balaban J connectivity index is 2.30. The molecule has 1 saturated heterocycles. The molecule has 0 spiro atoms. The molecule has 1 atom stereocenters. The van der Waals surface area contributed by atoms with Crippen molar-refractivity contribution >= 4 is 17.8 Å². The van der Waals surface area contributed by atoms with Crippen LogP contribution in [0.4, 0.5) is 0 Å². The first kappa shape index (κ1) is 13.4. The number of ether oxygens (including phenoxy) is 1. The van der Waals surface area contributed by atoms with E-state index in [2.05, 4.69) is 10.1 Å². The SMILES string of the molecule is CCOC(=O)/C=C/CNC1CC(=O)N(C)C1=O. The molecule has 1 unspecified atom stereocenters. The summed E-state index contributed by atoms with van der Waals surface area (Å²) in [4.78, 5) is 34.7. The number of esters is 1. The highest BCUT2D eigenvalue weighted by molar-refractivity contribution is 6.05. The summed E-state index contributed by atoms with van der Waals surface area (Å²) in [5.74, 6) is -0.846. The highest BCUT2D eigenvalue weighted by Gasteiger charge is 2.35. The number of hydrogen-bond acceptors (Lipinski definition) is 5. The fourth-order valence-electron chi connectivity index (χ4n) is 1.47.